The molecule has 2 aromatic heterocycles. The van der Waals surface area contributed by atoms with Crippen molar-refractivity contribution in [2.24, 2.45) is 0 Å². The van der Waals surface area contributed by atoms with E-state index in [2.05, 4.69) is 32.3 Å². The van der Waals surface area contributed by atoms with Gasteiger partial charge in [0.05, 0.1) is 24.3 Å². The largest absolute Gasteiger partial charge is 0.497 e. The van der Waals surface area contributed by atoms with Crippen molar-refractivity contribution in [2.75, 3.05) is 13.7 Å². The standard InChI is InChI=1S/C22H21N3O2S2/c1-3-27-18-11-9-17(10-12-18)25-21(20-8-5-13-28-20)23-24-22(25)29-15-16-6-4-7-19(14-16)26-2/h4-14H,3,15H2,1-2H3. The number of aromatic nitrogens is 3. The molecular formula is C22H21N3O2S2. The third-order valence-electron chi connectivity index (χ3n) is 4.28. The summed E-state index contributed by atoms with van der Waals surface area (Å²) in [5.41, 5.74) is 2.18. The monoisotopic (exact) mass is 423 g/mol. The third-order valence-corrected chi connectivity index (χ3v) is 6.15. The molecule has 0 radical (unpaired) electrons. The number of hydrogen-bond donors (Lipinski definition) is 0. The maximum absolute atomic E-state index is 5.58. The average Bonchev–Trinajstić information content (AvgIpc) is 3.43. The second-order valence-corrected chi connectivity index (χ2v) is 8.08. The predicted octanol–water partition coefficient (Wildman–Crippen LogP) is 5.70. The van der Waals surface area contributed by atoms with Crippen LogP contribution in [0.3, 0.4) is 0 Å². The molecule has 0 aliphatic carbocycles. The molecule has 0 bridgehead atoms. The van der Waals surface area contributed by atoms with Gasteiger partial charge in [0.2, 0.25) is 0 Å². The first-order chi connectivity index (χ1) is 14.3. The van der Waals surface area contributed by atoms with Crippen LogP contribution in [0.1, 0.15) is 12.5 Å². The lowest BCUT2D eigenvalue weighted by Gasteiger charge is -2.11. The summed E-state index contributed by atoms with van der Waals surface area (Å²) in [7, 11) is 1.68. The van der Waals surface area contributed by atoms with E-state index in [1.807, 2.05) is 55.5 Å². The average molecular weight is 424 g/mol. The summed E-state index contributed by atoms with van der Waals surface area (Å²) >= 11 is 3.31. The zero-order valence-electron chi connectivity index (χ0n) is 16.2. The molecule has 2 heterocycles. The minimum Gasteiger partial charge on any atom is -0.497 e. The first kappa shape index (κ1) is 19.5. The van der Waals surface area contributed by atoms with Crippen molar-refractivity contribution in [2.45, 2.75) is 17.8 Å². The van der Waals surface area contributed by atoms with Crippen LogP contribution in [0.5, 0.6) is 11.5 Å². The van der Waals surface area contributed by atoms with E-state index in [0.717, 1.165) is 38.8 Å². The van der Waals surface area contributed by atoms with Gasteiger partial charge in [-0.3, -0.25) is 4.57 Å². The Kier molecular flexibility index (Phi) is 6.17. The van der Waals surface area contributed by atoms with E-state index >= 15 is 0 Å². The van der Waals surface area contributed by atoms with Gasteiger partial charge in [-0.05, 0) is 60.3 Å². The van der Waals surface area contributed by atoms with E-state index < -0.39 is 0 Å². The van der Waals surface area contributed by atoms with Gasteiger partial charge in [0.15, 0.2) is 11.0 Å². The van der Waals surface area contributed by atoms with Crippen molar-refractivity contribution >= 4 is 23.1 Å². The Balaban J connectivity index is 1.66. The minimum atomic E-state index is 0.647. The van der Waals surface area contributed by atoms with Crippen molar-refractivity contribution in [3.63, 3.8) is 0 Å². The first-order valence-electron chi connectivity index (χ1n) is 9.26. The normalized spacial score (nSPS) is 10.8. The zero-order chi connectivity index (χ0) is 20.1. The fourth-order valence-electron chi connectivity index (χ4n) is 2.93. The number of benzene rings is 2. The molecule has 0 spiro atoms. The van der Waals surface area contributed by atoms with Gasteiger partial charge in [-0.25, -0.2) is 0 Å². The Hall–Kier alpha value is -2.77. The van der Waals surface area contributed by atoms with Crippen LogP contribution in [-0.2, 0) is 5.75 Å². The number of thioether (sulfide) groups is 1. The second kappa shape index (κ2) is 9.15. The van der Waals surface area contributed by atoms with Crippen LogP contribution in [0.15, 0.2) is 71.2 Å². The molecule has 0 saturated carbocycles. The number of hydrogen-bond acceptors (Lipinski definition) is 6. The lowest BCUT2D eigenvalue weighted by Crippen LogP contribution is -2.00. The SMILES string of the molecule is CCOc1ccc(-n2c(SCc3cccc(OC)c3)nnc2-c2cccs2)cc1. The number of thiophene rings is 1. The highest BCUT2D eigenvalue weighted by Crippen LogP contribution is 2.32. The fourth-order valence-corrected chi connectivity index (χ4v) is 4.52. The molecule has 0 aliphatic heterocycles. The molecule has 29 heavy (non-hydrogen) atoms. The van der Waals surface area contributed by atoms with Crippen LogP contribution in [-0.4, -0.2) is 28.5 Å². The molecule has 0 amide bonds. The smallest absolute Gasteiger partial charge is 0.196 e. The van der Waals surface area contributed by atoms with E-state index in [1.165, 1.54) is 5.56 Å². The molecule has 5 nitrogen and oxygen atoms in total. The zero-order valence-corrected chi connectivity index (χ0v) is 17.9. The highest BCUT2D eigenvalue weighted by molar-refractivity contribution is 7.98. The summed E-state index contributed by atoms with van der Waals surface area (Å²) in [6.45, 7) is 2.63. The summed E-state index contributed by atoms with van der Waals surface area (Å²) in [5, 5.41) is 11.9. The number of rotatable bonds is 8. The van der Waals surface area contributed by atoms with Gasteiger partial charge in [0, 0.05) is 5.75 Å². The lowest BCUT2D eigenvalue weighted by molar-refractivity contribution is 0.340. The lowest BCUT2D eigenvalue weighted by atomic mass is 10.2. The maximum Gasteiger partial charge on any atom is 0.196 e. The molecule has 148 valence electrons. The van der Waals surface area contributed by atoms with Crippen molar-refractivity contribution < 1.29 is 9.47 Å². The van der Waals surface area contributed by atoms with Gasteiger partial charge < -0.3 is 9.47 Å². The van der Waals surface area contributed by atoms with Gasteiger partial charge in [0.1, 0.15) is 11.5 Å². The van der Waals surface area contributed by atoms with E-state index in [0.29, 0.717) is 6.61 Å². The molecule has 4 aromatic rings. The van der Waals surface area contributed by atoms with Crippen LogP contribution >= 0.6 is 23.1 Å². The van der Waals surface area contributed by atoms with E-state index in [9.17, 15) is 0 Å². The molecule has 0 aliphatic rings. The van der Waals surface area contributed by atoms with Crippen molar-refractivity contribution in [1.82, 2.24) is 14.8 Å². The molecule has 0 N–H and O–H groups in total. The van der Waals surface area contributed by atoms with Gasteiger partial charge >= 0.3 is 0 Å². The van der Waals surface area contributed by atoms with Crippen LogP contribution in [0, 0.1) is 0 Å². The van der Waals surface area contributed by atoms with Crippen molar-refractivity contribution in [1.29, 1.82) is 0 Å². The van der Waals surface area contributed by atoms with Crippen LogP contribution < -0.4 is 9.47 Å². The molecule has 0 unspecified atom stereocenters. The summed E-state index contributed by atoms with van der Waals surface area (Å²) in [4.78, 5) is 1.08. The molecule has 4 rings (SSSR count). The Labute approximate surface area is 178 Å². The van der Waals surface area contributed by atoms with Gasteiger partial charge in [-0.2, -0.15) is 0 Å². The van der Waals surface area contributed by atoms with E-state index in [1.54, 1.807) is 30.2 Å². The molecular weight excluding hydrogens is 402 g/mol. The van der Waals surface area contributed by atoms with Crippen LogP contribution in [0.25, 0.3) is 16.4 Å². The van der Waals surface area contributed by atoms with Crippen LogP contribution in [0.2, 0.25) is 0 Å². The number of ether oxygens (including phenoxy) is 2. The first-order valence-corrected chi connectivity index (χ1v) is 11.1. The fraction of sp³-hybridized carbons (Fsp3) is 0.182. The summed E-state index contributed by atoms with van der Waals surface area (Å²) in [6.07, 6.45) is 0. The Morgan fingerprint density at radius 2 is 1.86 bits per heavy atom. The second-order valence-electron chi connectivity index (χ2n) is 6.19. The Bertz CT molecular complexity index is 1060. The molecule has 0 atom stereocenters. The van der Waals surface area contributed by atoms with Crippen molar-refractivity contribution in [3.8, 4) is 27.9 Å². The highest BCUT2D eigenvalue weighted by atomic mass is 32.2. The van der Waals surface area contributed by atoms with Crippen molar-refractivity contribution in [3.05, 3.63) is 71.6 Å². The topological polar surface area (TPSA) is 49.2 Å². The number of nitrogens with zero attached hydrogens (tertiary/aromatic N) is 3. The highest BCUT2D eigenvalue weighted by Gasteiger charge is 2.17. The number of methoxy groups -OCH3 is 1. The quantitative estimate of drug-likeness (QED) is 0.341. The molecule has 7 heteroatoms. The Morgan fingerprint density at radius 1 is 1.00 bits per heavy atom. The Morgan fingerprint density at radius 3 is 2.59 bits per heavy atom. The van der Waals surface area contributed by atoms with Gasteiger partial charge in [-0.15, -0.1) is 21.5 Å². The molecule has 0 fully saturated rings. The minimum absolute atomic E-state index is 0.647. The summed E-state index contributed by atoms with van der Waals surface area (Å²) in [6, 6.07) is 20.2. The summed E-state index contributed by atoms with van der Waals surface area (Å²) in [5.74, 6) is 3.33. The molecule has 0 saturated heterocycles. The van der Waals surface area contributed by atoms with E-state index in [-0.39, 0.29) is 0 Å². The van der Waals surface area contributed by atoms with Gasteiger partial charge in [0.25, 0.3) is 0 Å². The van der Waals surface area contributed by atoms with Gasteiger partial charge in [-0.1, -0.05) is 30.0 Å². The molecule has 2 aromatic carbocycles. The van der Waals surface area contributed by atoms with Crippen LogP contribution in [0.4, 0.5) is 0 Å². The summed E-state index contributed by atoms with van der Waals surface area (Å²) < 4.78 is 13.0. The predicted molar refractivity (Wildman–Crippen MR) is 118 cm³/mol. The van der Waals surface area contributed by atoms with E-state index in [4.69, 9.17) is 9.47 Å². The third kappa shape index (κ3) is 4.46. The maximum atomic E-state index is 5.58.